The van der Waals surface area contributed by atoms with Gasteiger partial charge in [0.1, 0.15) is 11.3 Å². The normalized spacial score (nSPS) is 20.5. The van der Waals surface area contributed by atoms with E-state index in [1.165, 1.54) is 0 Å². The fourth-order valence-corrected chi connectivity index (χ4v) is 4.91. The van der Waals surface area contributed by atoms with Gasteiger partial charge >= 0.3 is 0 Å². The first-order valence-electron chi connectivity index (χ1n) is 11.7. The van der Waals surface area contributed by atoms with Crippen molar-refractivity contribution in [3.63, 3.8) is 0 Å². The van der Waals surface area contributed by atoms with Crippen molar-refractivity contribution < 1.29 is 9.53 Å². The van der Waals surface area contributed by atoms with Crippen LogP contribution in [0.4, 0.5) is 5.69 Å². The van der Waals surface area contributed by atoms with Gasteiger partial charge in [0.15, 0.2) is 0 Å². The van der Waals surface area contributed by atoms with Gasteiger partial charge in [-0.2, -0.15) is 10.4 Å². The highest BCUT2D eigenvalue weighted by atomic mass is 16.5. The van der Waals surface area contributed by atoms with E-state index in [1.807, 2.05) is 23.0 Å². The summed E-state index contributed by atoms with van der Waals surface area (Å²) >= 11 is 0. The molecule has 6 rings (SSSR count). The summed E-state index contributed by atoms with van der Waals surface area (Å²) < 4.78 is 9.89. The van der Waals surface area contributed by atoms with E-state index in [9.17, 15) is 10.1 Å². The smallest absolute Gasteiger partial charge is 0.232 e. The highest BCUT2D eigenvalue weighted by Gasteiger charge is 2.28. The van der Waals surface area contributed by atoms with Crippen LogP contribution in [-0.4, -0.2) is 42.9 Å². The Bertz CT molecular complexity index is 1440. The van der Waals surface area contributed by atoms with Crippen LogP contribution >= 0.6 is 0 Å². The van der Waals surface area contributed by atoms with E-state index in [2.05, 4.69) is 33.0 Å². The summed E-state index contributed by atoms with van der Waals surface area (Å²) in [5.74, 6) is 0.555. The Kier molecular flexibility index (Phi) is 5.03. The molecule has 1 amide bonds. The van der Waals surface area contributed by atoms with Crippen LogP contribution in [0.1, 0.15) is 56.1 Å². The number of nitriles is 1. The molecule has 34 heavy (non-hydrogen) atoms. The molecule has 9 nitrogen and oxygen atoms in total. The minimum absolute atomic E-state index is 0.119. The van der Waals surface area contributed by atoms with Gasteiger partial charge in [-0.25, -0.2) is 4.98 Å². The quantitative estimate of drug-likeness (QED) is 0.488. The molecule has 0 bridgehead atoms. The number of rotatable bonds is 5. The van der Waals surface area contributed by atoms with Gasteiger partial charge in [0.25, 0.3) is 0 Å². The lowest BCUT2D eigenvalue weighted by Crippen LogP contribution is -2.27. The number of imidazole rings is 1. The number of fused-ring (bicyclic) bond motifs is 3. The summed E-state index contributed by atoms with van der Waals surface area (Å²) in [7, 11) is 0. The predicted molar refractivity (Wildman–Crippen MR) is 126 cm³/mol. The fourth-order valence-electron chi connectivity index (χ4n) is 4.91. The first-order valence-corrected chi connectivity index (χ1v) is 11.7. The van der Waals surface area contributed by atoms with Crippen molar-refractivity contribution >= 4 is 33.5 Å². The first kappa shape index (κ1) is 20.8. The van der Waals surface area contributed by atoms with Crippen LogP contribution in [0.3, 0.4) is 0 Å². The standard InChI is InChI=1S/C25H25N7O2/c1-15-8-19(6-7-34-15)32-23(10-24(33)29-17-12-28-31(14-17)18-3-4-18)30-22-13-27-21-5-2-16(11-26)9-20(21)25(22)32/h2,5,9,12-15,18-19H,3-4,6-8,10H2,1H3,(H,29,33)/t15-,19-/m1/s1. The third-order valence-corrected chi connectivity index (χ3v) is 6.67. The van der Waals surface area contributed by atoms with Crippen molar-refractivity contribution in [2.24, 2.45) is 0 Å². The van der Waals surface area contributed by atoms with Crippen LogP contribution in [0.15, 0.2) is 36.8 Å². The van der Waals surface area contributed by atoms with Crippen molar-refractivity contribution in [1.29, 1.82) is 5.26 Å². The molecule has 0 radical (unpaired) electrons. The van der Waals surface area contributed by atoms with Gasteiger partial charge in [-0.05, 0) is 50.8 Å². The minimum Gasteiger partial charge on any atom is -0.378 e. The molecule has 4 aromatic rings. The van der Waals surface area contributed by atoms with Gasteiger partial charge in [-0.1, -0.05) is 0 Å². The Balaban J connectivity index is 1.40. The second-order valence-corrected chi connectivity index (χ2v) is 9.26. The molecule has 3 aromatic heterocycles. The molecule has 2 atom stereocenters. The van der Waals surface area contributed by atoms with E-state index < -0.39 is 0 Å². The molecular formula is C25H25N7O2. The average molecular weight is 456 g/mol. The number of amides is 1. The molecule has 2 aliphatic rings. The van der Waals surface area contributed by atoms with Crippen molar-refractivity contribution in [3.05, 3.63) is 48.2 Å². The zero-order valence-corrected chi connectivity index (χ0v) is 18.9. The number of hydrogen-bond acceptors (Lipinski definition) is 6. The molecule has 1 saturated carbocycles. The van der Waals surface area contributed by atoms with Crippen LogP contribution in [0, 0.1) is 11.3 Å². The second kappa shape index (κ2) is 8.22. The first-order chi connectivity index (χ1) is 16.6. The summed E-state index contributed by atoms with van der Waals surface area (Å²) in [5, 5.41) is 17.7. The summed E-state index contributed by atoms with van der Waals surface area (Å²) in [4.78, 5) is 22.4. The van der Waals surface area contributed by atoms with E-state index in [4.69, 9.17) is 9.72 Å². The Morgan fingerprint density at radius 3 is 2.91 bits per heavy atom. The molecular weight excluding hydrogens is 430 g/mol. The van der Waals surface area contributed by atoms with E-state index >= 15 is 0 Å². The number of hydrogen-bond donors (Lipinski definition) is 1. The lowest BCUT2D eigenvalue weighted by atomic mass is 10.0. The lowest BCUT2D eigenvalue weighted by Gasteiger charge is -2.30. The Labute approximate surface area is 196 Å². The third kappa shape index (κ3) is 3.80. The number of aromatic nitrogens is 5. The second-order valence-electron chi connectivity index (χ2n) is 9.26. The number of anilines is 1. The topological polar surface area (TPSA) is 111 Å². The van der Waals surface area contributed by atoms with Gasteiger partial charge < -0.3 is 14.6 Å². The maximum absolute atomic E-state index is 13.0. The molecule has 1 aromatic carbocycles. The summed E-state index contributed by atoms with van der Waals surface area (Å²) in [6.07, 6.45) is 9.53. The largest absolute Gasteiger partial charge is 0.378 e. The molecule has 1 aliphatic heterocycles. The number of ether oxygens (including phenoxy) is 1. The number of carbonyl (C=O) groups excluding carboxylic acids is 1. The Hall–Kier alpha value is -3.77. The van der Waals surface area contributed by atoms with E-state index in [-0.39, 0.29) is 24.5 Å². The fraction of sp³-hybridized carbons (Fsp3) is 0.400. The summed E-state index contributed by atoms with van der Waals surface area (Å²) in [6, 6.07) is 8.32. The van der Waals surface area contributed by atoms with Crippen molar-refractivity contribution in [2.45, 2.75) is 57.2 Å². The van der Waals surface area contributed by atoms with E-state index in [0.717, 1.165) is 47.6 Å². The van der Waals surface area contributed by atoms with Gasteiger partial charge in [0, 0.05) is 24.2 Å². The van der Waals surface area contributed by atoms with Crippen molar-refractivity contribution in [2.75, 3.05) is 11.9 Å². The molecule has 0 spiro atoms. The third-order valence-electron chi connectivity index (χ3n) is 6.67. The maximum atomic E-state index is 13.0. The van der Waals surface area contributed by atoms with Crippen LogP contribution < -0.4 is 5.32 Å². The van der Waals surface area contributed by atoms with Crippen LogP contribution in [0.2, 0.25) is 0 Å². The molecule has 1 N–H and O–H groups in total. The molecule has 1 aliphatic carbocycles. The molecule has 9 heteroatoms. The molecule has 1 saturated heterocycles. The van der Waals surface area contributed by atoms with Gasteiger partial charge in [-0.3, -0.25) is 14.5 Å². The van der Waals surface area contributed by atoms with E-state index in [1.54, 1.807) is 18.5 Å². The molecule has 4 heterocycles. The lowest BCUT2D eigenvalue weighted by molar-refractivity contribution is -0.115. The molecule has 172 valence electrons. The summed E-state index contributed by atoms with van der Waals surface area (Å²) in [6.45, 7) is 2.73. The van der Waals surface area contributed by atoms with Crippen molar-refractivity contribution in [3.8, 4) is 6.07 Å². The maximum Gasteiger partial charge on any atom is 0.232 e. The number of benzene rings is 1. The zero-order valence-electron chi connectivity index (χ0n) is 18.9. The Morgan fingerprint density at radius 1 is 1.24 bits per heavy atom. The highest BCUT2D eigenvalue weighted by Crippen LogP contribution is 2.35. The average Bonchev–Trinajstić information content (AvgIpc) is 3.47. The van der Waals surface area contributed by atoms with Gasteiger partial charge in [-0.15, -0.1) is 0 Å². The molecule has 2 fully saturated rings. The monoisotopic (exact) mass is 455 g/mol. The number of nitrogens with one attached hydrogen (secondary N) is 1. The summed E-state index contributed by atoms with van der Waals surface area (Å²) in [5.41, 5.74) is 3.72. The van der Waals surface area contributed by atoms with E-state index in [0.29, 0.717) is 29.7 Å². The highest BCUT2D eigenvalue weighted by molar-refractivity contribution is 6.03. The van der Waals surface area contributed by atoms with Gasteiger partial charge in [0.05, 0.1) is 59.3 Å². The Morgan fingerprint density at radius 2 is 2.12 bits per heavy atom. The number of nitrogens with zero attached hydrogens (tertiary/aromatic N) is 6. The zero-order chi connectivity index (χ0) is 23.2. The number of pyridine rings is 1. The minimum atomic E-state index is -0.137. The SMILES string of the molecule is C[C@@H]1C[C@H](n2c(CC(=O)Nc3cnn(C4CC4)c3)nc3cnc4ccc(C#N)cc4c32)CCO1. The van der Waals surface area contributed by atoms with Gasteiger partial charge in [0.2, 0.25) is 5.91 Å². The van der Waals surface area contributed by atoms with Crippen LogP contribution in [0.5, 0.6) is 0 Å². The number of carbonyl (C=O) groups is 1. The van der Waals surface area contributed by atoms with Crippen LogP contribution in [-0.2, 0) is 16.0 Å². The van der Waals surface area contributed by atoms with Crippen LogP contribution in [0.25, 0.3) is 21.9 Å². The molecule has 0 unspecified atom stereocenters. The predicted octanol–water partition coefficient (Wildman–Crippen LogP) is 3.91. The van der Waals surface area contributed by atoms with Crippen molar-refractivity contribution in [1.82, 2.24) is 24.3 Å².